The van der Waals surface area contributed by atoms with Crippen molar-refractivity contribution in [1.82, 2.24) is 10.3 Å². The van der Waals surface area contributed by atoms with Crippen molar-refractivity contribution in [3.8, 4) is 5.75 Å². The van der Waals surface area contributed by atoms with E-state index >= 15 is 0 Å². The van der Waals surface area contributed by atoms with Gasteiger partial charge in [-0.25, -0.2) is 4.98 Å². The van der Waals surface area contributed by atoms with Crippen LogP contribution in [-0.2, 0) is 9.59 Å². The van der Waals surface area contributed by atoms with E-state index < -0.39 is 6.10 Å². The maximum atomic E-state index is 12.9. The summed E-state index contributed by atoms with van der Waals surface area (Å²) in [5.74, 6) is 0.151. The maximum Gasteiger partial charge on any atom is 0.262 e. The fourth-order valence-corrected chi connectivity index (χ4v) is 3.79. The third-order valence-corrected chi connectivity index (χ3v) is 5.31. The molecule has 1 aliphatic rings. The lowest BCUT2D eigenvalue weighted by molar-refractivity contribution is -0.127. The zero-order valence-electron chi connectivity index (χ0n) is 14.8. The summed E-state index contributed by atoms with van der Waals surface area (Å²) >= 11 is 7.15. The molecule has 4 rings (SSSR count). The van der Waals surface area contributed by atoms with Crippen LogP contribution >= 0.6 is 23.4 Å². The molecule has 0 saturated carbocycles. The van der Waals surface area contributed by atoms with Crippen LogP contribution in [0.4, 0.5) is 5.69 Å². The molecule has 0 aliphatic carbocycles. The number of carbonyl (C=O) groups is 2. The Bertz CT molecular complexity index is 1050. The van der Waals surface area contributed by atoms with Crippen LogP contribution in [-0.4, -0.2) is 42.2 Å². The number of benzene rings is 2. The van der Waals surface area contributed by atoms with Gasteiger partial charge in [-0.1, -0.05) is 35.5 Å². The highest BCUT2D eigenvalue weighted by molar-refractivity contribution is 7.99. The standard InChI is InChI=1S/C19H16ClN3O4S/c1-21-18(25)16-9-23(13-4-2-3-5-15(13)26-16)17(24)10-28-19-22-12-8-11(20)6-7-14(12)27-19/h2-8,16H,9-10H2,1H3,(H,21,25). The molecule has 0 bridgehead atoms. The number of anilines is 1. The van der Waals surface area contributed by atoms with E-state index in [4.69, 9.17) is 20.8 Å². The molecule has 2 amide bonds. The van der Waals surface area contributed by atoms with E-state index in [9.17, 15) is 9.59 Å². The first-order chi connectivity index (χ1) is 13.5. The molecule has 28 heavy (non-hydrogen) atoms. The number of carbonyl (C=O) groups excluding carboxylic acids is 2. The number of hydrogen-bond acceptors (Lipinski definition) is 6. The van der Waals surface area contributed by atoms with Crippen LogP contribution in [0.5, 0.6) is 5.75 Å². The lowest BCUT2D eigenvalue weighted by Crippen LogP contribution is -2.50. The third kappa shape index (κ3) is 3.65. The van der Waals surface area contributed by atoms with Gasteiger partial charge in [-0.05, 0) is 30.3 Å². The number of oxazole rings is 1. The molecule has 9 heteroatoms. The molecule has 1 aliphatic heterocycles. The number of para-hydroxylation sites is 2. The van der Waals surface area contributed by atoms with E-state index in [2.05, 4.69) is 10.3 Å². The zero-order chi connectivity index (χ0) is 19.7. The largest absolute Gasteiger partial charge is 0.477 e. The number of nitrogens with one attached hydrogen (secondary N) is 1. The first kappa shape index (κ1) is 18.6. The van der Waals surface area contributed by atoms with Crippen LogP contribution in [0.15, 0.2) is 52.1 Å². The van der Waals surface area contributed by atoms with Crippen molar-refractivity contribution < 1.29 is 18.7 Å². The molecule has 0 saturated heterocycles. The number of rotatable bonds is 4. The molecule has 0 radical (unpaired) electrons. The second-order valence-electron chi connectivity index (χ2n) is 6.07. The second-order valence-corrected chi connectivity index (χ2v) is 7.44. The number of likely N-dealkylation sites (N-methyl/N-ethyl adjacent to an activating group) is 1. The normalized spacial score (nSPS) is 15.8. The van der Waals surface area contributed by atoms with Crippen LogP contribution in [0.25, 0.3) is 11.1 Å². The lowest BCUT2D eigenvalue weighted by atomic mass is 10.2. The Morgan fingerprint density at radius 3 is 2.96 bits per heavy atom. The lowest BCUT2D eigenvalue weighted by Gasteiger charge is -2.33. The topological polar surface area (TPSA) is 84.7 Å². The summed E-state index contributed by atoms with van der Waals surface area (Å²) in [4.78, 5) is 30.8. The van der Waals surface area contributed by atoms with Crippen LogP contribution < -0.4 is 15.0 Å². The minimum absolute atomic E-state index is 0.107. The zero-order valence-corrected chi connectivity index (χ0v) is 16.4. The van der Waals surface area contributed by atoms with Gasteiger partial charge in [-0.3, -0.25) is 9.59 Å². The molecular formula is C19H16ClN3O4S. The Morgan fingerprint density at radius 2 is 2.14 bits per heavy atom. The van der Waals surface area contributed by atoms with E-state index in [1.807, 2.05) is 6.07 Å². The molecule has 1 N–H and O–H groups in total. The van der Waals surface area contributed by atoms with Gasteiger partial charge in [-0.2, -0.15) is 0 Å². The van der Waals surface area contributed by atoms with E-state index in [1.54, 1.807) is 41.3 Å². The van der Waals surface area contributed by atoms with Crippen molar-refractivity contribution in [3.05, 3.63) is 47.5 Å². The molecule has 2 aromatic carbocycles. The first-order valence-electron chi connectivity index (χ1n) is 8.51. The summed E-state index contributed by atoms with van der Waals surface area (Å²) < 4.78 is 11.4. The molecule has 0 spiro atoms. The van der Waals surface area contributed by atoms with Crippen LogP contribution in [0.2, 0.25) is 5.02 Å². The van der Waals surface area contributed by atoms with Gasteiger partial charge in [0.1, 0.15) is 11.3 Å². The van der Waals surface area contributed by atoms with E-state index in [0.717, 1.165) is 0 Å². The van der Waals surface area contributed by atoms with Gasteiger partial charge >= 0.3 is 0 Å². The third-order valence-electron chi connectivity index (χ3n) is 4.26. The van der Waals surface area contributed by atoms with Gasteiger partial charge < -0.3 is 19.4 Å². The first-order valence-corrected chi connectivity index (χ1v) is 9.88. The number of fused-ring (bicyclic) bond motifs is 2. The van der Waals surface area contributed by atoms with Gasteiger partial charge in [-0.15, -0.1) is 0 Å². The Balaban J connectivity index is 1.51. The van der Waals surface area contributed by atoms with Gasteiger partial charge in [0.15, 0.2) is 11.7 Å². The minimum atomic E-state index is -0.764. The molecule has 0 fully saturated rings. The van der Waals surface area contributed by atoms with Crippen LogP contribution in [0, 0.1) is 0 Å². The van der Waals surface area contributed by atoms with Gasteiger partial charge in [0.25, 0.3) is 11.1 Å². The summed E-state index contributed by atoms with van der Waals surface area (Å²) in [5.41, 5.74) is 1.88. The molecule has 1 atom stereocenters. The quantitative estimate of drug-likeness (QED) is 0.656. The maximum absolute atomic E-state index is 12.9. The predicted octanol–water partition coefficient (Wildman–Crippen LogP) is 3.11. The number of thioether (sulfide) groups is 1. The van der Waals surface area contributed by atoms with Crippen molar-refractivity contribution in [2.24, 2.45) is 0 Å². The number of amides is 2. The molecule has 144 valence electrons. The highest BCUT2D eigenvalue weighted by Gasteiger charge is 2.33. The summed E-state index contributed by atoms with van der Waals surface area (Å²) in [5, 5.41) is 3.51. The van der Waals surface area contributed by atoms with Crippen molar-refractivity contribution >= 4 is 52.0 Å². The predicted molar refractivity (Wildman–Crippen MR) is 107 cm³/mol. The molecule has 1 unspecified atom stereocenters. The van der Waals surface area contributed by atoms with Gasteiger partial charge in [0, 0.05) is 12.1 Å². The van der Waals surface area contributed by atoms with Crippen molar-refractivity contribution in [2.75, 3.05) is 24.2 Å². The number of nitrogens with zero attached hydrogens (tertiary/aromatic N) is 2. The Labute approximate surface area is 170 Å². The smallest absolute Gasteiger partial charge is 0.262 e. The molecule has 2 heterocycles. The highest BCUT2D eigenvalue weighted by atomic mass is 35.5. The highest BCUT2D eigenvalue weighted by Crippen LogP contribution is 2.34. The van der Waals surface area contributed by atoms with Crippen molar-refractivity contribution in [3.63, 3.8) is 0 Å². The molecule has 3 aromatic rings. The van der Waals surface area contributed by atoms with Crippen LogP contribution in [0.1, 0.15) is 0 Å². The fraction of sp³-hybridized carbons (Fsp3) is 0.211. The molecule has 1 aromatic heterocycles. The summed E-state index contributed by atoms with van der Waals surface area (Å²) in [6, 6.07) is 12.3. The Morgan fingerprint density at radius 1 is 1.32 bits per heavy atom. The Hall–Kier alpha value is -2.71. The van der Waals surface area contributed by atoms with E-state index in [1.165, 1.54) is 18.8 Å². The average molecular weight is 418 g/mol. The van der Waals surface area contributed by atoms with E-state index in [-0.39, 0.29) is 24.1 Å². The number of halogens is 1. The van der Waals surface area contributed by atoms with Crippen LogP contribution in [0.3, 0.4) is 0 Å². The SMILES string of the molecule is CNC(=O)C1CN(C(=O)CSc2nc3cc(Cl)ccc3o2)c2ccccc2O1. The Kier molecular flexibility index (Phi) is 5.15. The fourth-order valence-electron chi connectivity index (χ4n) is 2.91. The molecule has 7 nitrogen and oxygen atoms in total. The number of hydrogen-bond donors (Lipinski definition) is 1. The van der Waals surface area contributed by atoms with Crippen molar-refractivity contribution in [2.45, 2.75) is 11.3 Å². The summed E-state index contributed by atoms with van der Waals surface area (Å²) in [7, 11) is 1.54. The van der Waals surface area contributed by atoms with Gasteiger partial charge in [0.05, 0.1) is 18.0 Å². The average Bonchev–Trinajstić information content (AvgIpc) is 3.12. The minimum Gasteiger partial charge on any atom is -0.477 e. The molecular weight excluding hydrogens is 402 g/mol. The van der Waals surface area contributed by atoms with E-state index in [0.29, 0.717) is 32.8 Å². The summed E-state index contributed by atoms with van der Waals surface area (Å²) in [6.07, 6.45) is -0.764. The number of ether oxygens (including phenoxy) is 1. The van der Waals surface area contributed by atoms with Crippen molar-refractivity contribution in [1.29, 1.82) is 0 Å². The van der Waals surface area contributed by atoms with Gasteiger partial charge in [0.2, 0.25) is 5.91 Å². The monoisotopic (exact) mass is 417 g/mol. The summed E-state index contributed by atoms with van der Waals surface area (Å²) in [6.45, 7) is 0.138. The second kappa shape index (κ2) is 7.73. The number of aromatic nitrogens is 1.